The molecule has 0 saturated heterocycles. The molecule has 11 nitrogen and oxygen atoms in total. The van der Waals surface area contributed by atoms with Gasteiger partial charge in [0.15, 0.2) is 5.43 Å². The first-order chi connectivity index (χ1) is 23.3. The van der Waals surface area contributed by atoms with Crippen LogP contribution in [-0.4, -0.2) is 59.0 Å². The van der Waals surface area contributed by atoms with Gasteiger partial charge in [-0.1, -0.05) is 60.7 Å². The fraction of sp³-hybridized carbons (Fsp3) is 0.147. The van der Waals surface area contributed by atoms with E-state index < -0.39 is 47.4 Å². The summed E-state index contributed by atoms with van der Waals surface area (Å²) in [5, 5.41) is 15.0. The predicted molar refractivity (Wildman–Crippen MR) is 194 cm³/mol. The molecule has 1 aliphatic carbocycles. The number of aromatic nitrogens is 1. The van der Waals surface area contributed by atoms with E-state index in [1.807, 2.05) is 6.07 Å². The molecule has 0 bridgehead atoms. The fourth-order valence-electron chi connectivity index (χ4n) is 5.67. The minimum Gasteiger partial charge on any atom is -0.506 e. The summed E-state index contributed by atoms with van der Waals surface area (Å²) in [7, 11) is -8.95. The highest BCUT2D eigenvalue weighted by Crippen LogP contribution is 2.32. The van der Waals surface area contributed by atoms with Gasteiger partial charge in [0.1, 0.15) is 10.7 Å². The average Bonchev–Trinajstić information content (AvgIpc) is 3.06. The van der Waals surface area contributed by atoms with Crippen molar-refractivity contribution in [3.05, 3.63) is 127 Å². The van der Waals surface area contributed by atoms with Crippen molar-refractivity contribution in [1.29, 1.82) is 0 Å². The fourth-order valence-corrected chi connectivity index (χ4v) is 9.00. The van der Waals surface area contributed by atoms with E-state index in [1.54, 1.807) is 84.6 Å². The zero-order chi connectivity index (χ0) is 34.9. The minimum absolute atomic E-state index is 0.00467. The molecule has 4 N–H and O–H groups in total. The maximum Gasteiger partial charge on any atom is 0.296 e. The highest BCUT2D eigenvalue weighted by molar-refractivity contribution is 8.03. The number of benzene rings is 4. The van der Waals surface area contributed by atoms with Crippen LogP contribution in [0.5, 0.6) is 0 Å². The average molecular weight is 737 g/mol. The first-order valence-corrected chi connectivity index (χ1v) is 20.0. The lowest BCUT2D eigenvalue weighted by atomic mass is 9.96. The van der Waals surface area contributed by atoms with Crippen molar-refractivity contribution < 1.29 is 31.0 Å². The Balaban J connectivity index is 1.52. The van der Waals surface area contributed by atoms with Crippen molar-refractivity contribution in [1.82, 2.24) is 4.98 Å². The second-order valence-electron chi connectivity index (χ2n) is 11.0. The van der Waals surface area contributed by atoms with Crippen molar-refractivity contribution in [2.24, 2.45) is 0 Å². The maximum atomic E-state index is 14.2. The quantitative estimate of drug-likeness (QED) is 0.0763. The van der Waals surface area contributed by atoms with Crippen LogP contribution in [0.15, 0.2) is 104 Å². The third-order valence-electron chi connectivity index (χ3n) is 7.72. The number of hydrogen-bond donors (Lipinski definition) is 4. The molecule has 0 spiro atoms. The molecule has 15 heteroatoms. The molecule has 0 fully saturated rings. The van der Waals surface area contributed by atoms with Gasteiger partial charge in [-0.05, 0) is 41.8 Å². The molecule has 4 aromatic rings. The van der Waals surface area contributed by atoms with E-state index in [2.05, 4.69) is 10.3 Å². The number of aliphatic hydroxyl groups excluding tert-OH is 1. The van der Waals surface area contributed by atoms with Crippen LogP contribution in [0.25, 0.3) is 27.4 Å². The van der Waals surface area contributed by atoms with Crippen LogP contribution in [0.4, 0.5) is 11.4 Å². The van der Waals surface area contributed by atoms with Gasteiger partial charge in [-0.15, -0.1) is 11.8 Å². The summed E-state index contributed by atoms with van der Waals surface area (Å²) < 4.78 is 66.5. The molecular formula is C34H28N2O9S4. The lowest BCUT2D eigenvalue weighted by Crippen LogP contribution is -2.33. The number of fused-ring (bicyclic) bond motifs is 2. The van der Waals surface area contributed by atoms with Crippen molar-refractivity contribution in [3.63, 3.8) is 0 Å². The molecule has 0 radical (unpaired) electrons. The predicted octanol–water partition coefficient (Wildman–Crippen LogP) is 4.80. The number of rotatable bonds is 12. The monoisotopic (exact) mass is 736 g/mol. The van der Waals surface area contributed by atoms with Gasteiger partial charge in [0.2, 0.25) is 0 Å². The smallest absolute Gasteiger partial charge is 0.296 e. The zero-order valence-electron chi connectivity index (χ0n) is 25.5. The molecule has 4 aromatic carbocycles. The van der Waals surface area contributed by atoms with E-state index in [1.165, 1.54) is 11.8 Å². The Hall–Kier alpha value is -4.25. The van der Waals surface area contributed by atoms with Crippen molar-refractivity contribution in [3.8, 4) is 0 Å². The SMILES string of the molecule is O=c1nc2c(S(=O)(=O)O)cc(Nc3cccc(SCCSCCCS(=O)(=O)O)c3)c3c2=c(c1=C(O)c1ccccc1)c1ccccc1c3=O. The first kappa shape index (κ1) is 34.6. The van der Waals surface area contributed by atoms with Crippen LogP contribution in [0.1, 0.15) is 12.0 Å². The van der Waals surface area contributed by atoms with E-state index >= 15 is 0 Å². The van der Waals surface area contributed by atoms with Gasteiger partial charge in [0.25, 0.3) is 25.8 Å². The number of anilines is 2. The van der Waals surface area contributed by atoms with E-state index in [-0.39, 0.29) is 37.9 Å². The molecule has 1 aliphatic heterocycles. The van der Waals surface area contributed by atoms with Gasteiger partial charge in [-0.3, -0.25) is 18.7 Å². The Bertz CT molecular complexity index is 2680. The van der Waals surface area contributed by atoms with Crippen molar-refractivity contribution in [2.75, 3.05) is 28.3 Å². The van der Waals surface area contributed by atoms with E-state index in [0.717, 1.165) is 16.7 Å². The van der Waals surface area contributed by atoms with E-state index in [4.69, 9.17) is 4.55 Å². The third-order valence-corrected chi connectivity index (χ3v) is 11.7. The molecular weight excluding hydrogens is 709 g/mol. The number of nitrogens with one attached hydrogen (secondary N) is 1. The van der Waals surface area contributed by atoms with Gasteiger partial charge in [0.05, 0.1) is 27.6 Å². The molecule has 252 valence electrons. The molecule has 0 atom stereocenters. The normalized spacial score (nSPS) is 12.9. The van der Waals surface area contributed by atoms with Gasteiger partial charge in [-0.2, -0.15) is 28.6 Å². The molecule has 49 heavy (non-hydrogen) atoms. The van der Waals surface area contributed by atoms with Crippen LogP contribution < -0.4 is 21.5 Å². The maximum absolute atomic E-state index is 14.2. The van der Waals surface area contributed by atoms with Crippen LogP contribution in [-0.2, 0) is 20.2 Å². The molecule has 0 unspecified atom stereocenters. The summed E-state index contributed by atoms with van der Waals surface area (Å²) >= 11 is 3.09. The molecule has 2 aliphatic rings. The Morgan fingerprint density at radius 2 is 1.51 bits per heavy atom. The van der Waals surface area contributed by atoms with Gasteiger partial charge < -0.3 is 10.4 Å². The highest BCUT2D eigenvalue weighted by atomic mass is 32.2. The standard InChI is InChI=1S/C34H28N2O9S4/c37-32(20-8-2-1-3-9-20)30-27-23-12-4-5-13-24(23)33(38)28-25(19-26(49(43,44)45)31(29(27)28)36-34(30)39)35-21-10-6-11-22(18-21)47-16-15-46-14-7-17-48(40,41)42/h1-6,8-13,18-19,35,37H,7,14-17H2,(H,40,41,42)(H,43,44,45). The van der Waals surface area contributed by atoms with Crippen molar-refractivity contribution >= 4 is 82.6 Å². The number of nitrogens with zero attached hydrogens (tertiary/aromatic N) is 1. The second-order valence-corrected chi connectivity index (χ2v) is 16.4. The summed E-state index contributed by atoms with van der Waals surface area (Å²) in [5.74, 6) is 1.31. The summed E-state index contributed by atoms with van der Waals surface area (Å²) in [5.41, 5.74) is -0.950. The lowest BCUT2D eigenvalue weighted by Gasteiger charge is -2.15. The minimum atomic E-state index is -4.97. The van der Waals surface area contributed by atoms with Crippen LogP contribution >= 0.6 is 23.5 Å². The number of thioether (sulfide) groups is 2. The number of hydrogen-bond acceptors (Lipinski definition) is 11. The molecule has 1 heterocycles. The van der Waals surface area contributed by atoms with Crippen molar-refractivity contribution in [2.45, 2.75) is 16.2 Å². The summed E-state index contributed by atoms with van der Waals surface area (Å²) in [6.45, 7) is 0. The number of aliphatic hydroxyl groups is 1. The lowest BCUT2D eigenvalue weighted by molar-refractivity contribution is 0.480. The topological polar surface area (TPSA) is 188 Å². The van der Waals surface area contributed by atoms with E-state index in [9.17, 15) is 36.1 Å². The Morgan fingerprint density at radius 3 is 2.22 bits per heavy atom. The second kappa shape index (κ2) is 13.9. The highest BCUT2D eigenvalue weighted by Gasteiger charge is 2.25. The third kappa shape index (κ3) is 7.37. The van der Waals surface area contributed by atoms with Gasteiger partial charge >= 0.3 is 0 Å². The Labute approximate surface area is 288 Å². The molecule has 0 amide bonds. The zero-order valence-corrected chi connectivity index (χ0v) is 28.8. The van der Waals surface area contributed by atoms with Gasteiger partial charge in [0, 0.05) is 43.5 Å². The molecule has 0 aromatic heterocycles. The van der Waals surface area contributed by atoms with E-state index in [0.29, 0.717) is 34.6 Å². The largest absolute Gasteiger partial charge is 0.506 e. The Kier molecular flexibility index (Phi) is 9.84. The Morgan fingerprint density at radius 1 is 0.796 bits per heavy atom. The van der Waals surface area contributed by atoms with Crippen LogP contribution in [0.3, 0.4) is 0 Å². The first-order valence-electron chi connectivity index (χ1n) is 14.8. The molecule has 6 rings (SSSR count). The van der Waals surface area contributed by atoms with Gasteiger partial charge in [-0.25, -0.2) is 4.98 Å². The summed E-state index contributed by atoms with van der Waals surface area (Å²) in [6, 6.07) is 23.1. The summed E-state index contributed by atoms with van der Waals surface area (Å²) in [6.07, 6.45) is 0.342. The van der Waals surface area contributed by atoms with Crippen LogP contribution in [0.2, 0.25) is 0 Å². The summed E-state index contributed by atoms with van der Waals surface area (Å²) in [4.78, 5) is 32.0. The van der Waals surface area contributed by atoms with Crippen LogP contribution in [0, 0.1) is 10.4 Å². The molecule has 0 saturated carbocycles.